The number of benzene rings is 3. The highest BCUT2D eigenvalue weighted by molar-refractivity contribution is 9.10. The Morgan fingerprint density at radius 2 is 1.85 bits per heavy atom. The van der Waals surface area contributed by atoms with Crippen LogP contribution in [0.4, 0.5) is 4.39 Å². The Hall–Kier alpha value is -2.44. The van der Waals surface area contributed by atoms with Crippen LogP contribution in [0.25, 0.3) is 20.8 Å². The maximum Gasteiger partial charge on any atom is 0.175 e. The van der Waals surface area contributed by atoms with Gasteiger partial charge in [-0.15, -0.1) is 11.3 Å². The first-order chi connectivity index (χ1) is 13.2. The molecule has 0 saturated heterocycles. The quantitative estimate of drug-likeness (QED) is 0.354. The molecule has 1 heterocycles. The monoisotopic (exact) mass is 443 g/mol. The molecule has 0 saturated carbocycles. The van der Waals surface area contributed by atoms with Gasteiger partial charge in [-0.3, -0.25) is 0 Å². The maximum atomic E-state index is 13.8. The SMILES string of the molecule is COc1cc(-c2nc3ccccc3s2)cc(Br)c1OCc1ccccc1F. The van der Waals surface area contributed by atoms with E-state index in [-0.39, 0.29) is 12.4 Å². The molecular weight excluding hydrogens is 429 g/mol. The average Bonchev–Trinajstić information content (AvgIpc) is 3.12. The van der Waals surface area contributed by atoms with Gasteiger partial charge in [0.2, 0.25) is 0 Å². The van der Waals surface area contributed by atoms with Gasteiger partial charge < -0.3 is 9.47 Å². The molecule has 0 amide bonds. The molecule has 0 atom stereocenters. The maximum absolute atomic E-state index is 13.8. The van der Waals surface area contributed by atoms with Gasteiger partial charge in [0.05, 0.1) is 21.8 Å². The highest BCUT2D eigenvalue weighted by atomic mass is 79.9. The van der Waals surface area contributed by atoms with E-state index in [0.29, 0.717) is 17.1 Å². The summed E-state index contributed by atoms with van der Waals surface area (Å²) < 4.78 is 27.0. The molecule has 1 aromatic heterocycles. The molecule has 0 unspecified atom stereocenters. The summed E-state index contributed by atoms with van der Waals surface area (Å²) in [4.78, 5) is 4.69. The molecule has 0 aliphatic rings. The van der Waals surface area contributed by atoms with Gasteiger partial charge in [-0.05, 0) is 46.3 Å². The molecule has 0 radical (unpaired) electrons. The lowest BCUT2D eigenvalue weighted by Crippen LogP contribution is -2.01. The van der Waals surface area contributed by atoms with Gasteiger partial charge in [0.1, 0.15) is 17.4 Å². The second kappa shape index (κ2) is 7.66. The fourth-order valence-corrected chi connectivity index (χ4v) is 4.25. The lowest BCUT2D eigenvalue weighted by atomic mass is 10.2. The Labute approximate surface area is 168 Å². The minimum absolute atomic E-state index is 0.113. The highest BCUT2D eigenvalue weighted by Gasteiger charge is 2.16. The third kappa shape index (κ3) is 3.68. The molecule has 3 nitrogen and oxygen atoms in total. The fraction of sp³-hybridized carbons (Fsp3) is 0.0952. The lowest BCUT2D eigenvalue weighted by Gasteiger charge is -2.14. The zero-order valence-corrected chi connectivity index (χ0v) is 16.8. The first-order valence-corrected chi connectivity index (χ1v) is 9.86. The van der Waals surface area contributed by atoms with Crippen molar-refractivity contribution in [2.24, 2.45) is 0 Å². The van der Waals surface area contributed by atoms with Crippen molar-refractivity contribution in [2.75, 3.05) is 7.11 Å². The molecular formula is C21H15BrFNO2S. The summed E-state index contributed by atoms with van der Waals surface area (Å²) in [6, 6.07) is 18.4. The summed E-state index contributed by atoms with van der Waals surface area (Å²) in [5.41, 5.74) is 2.38. The lowest BCUT2D eigenvalue weighted by molar-refractivity contribution is 0.278. The number of halogens is 2. The number of ether oxygens (including phenoxy) is 2. The number of hydrogen-bond donors (Lipinski definition) is 0. The van der Waals surface area contributed by atoms with E-state index in [2.05, 4.69) is 27.0 Å². The number of nitrogens with zero attached hydrogens (tertiary/aromatic N) is 1. The zero-order chi connectivity index (χ0) is 18.8. The average molecular weight is 444 g/mol. The van der Waals surface area contributed by atoms with Crippen molar-refractivity contribution >= 4 is 37.5 Å². The summed E-state index contributed by atoms with van der Waals surface area (Å²) in [5, 5.41) is 0.899. The summed E-state index contributed by atoms with van der Waals surface area (Å²) in [7, 11) is 1.58. The summed E-state index contributed by atoms with van der Waals surface area (Å²) >= 11 is 5.17. The van der Waals surface area contributed by atoms with Crippen molar-refractivity contribution in [2.45, 2.75) is 6.61 Å². The topological polar surface area (TPSA) is 31.4 Å². The molecule has 6 heteroatoms. The fourth-order valence-electron chi connectivity index (χ4n) is 2.74. The Morgan fingerprint density at radius 3 is 2.63 bits per heavy atom. The van der Waals surface area contributed by atoms with E-state index in [1.807, 2.05) is 30.3 Å². The van der Waals surface area contributed by atoms with Gasteiger partial charge in [0.15, 0.2) is 11.5 Å². The number of hydrogen-bond acceptors (Lipinski definition) is 4. The van der Waals surface area contributed by atoms with Crippen LogP contribution in [0.5, 0.6) is 11.5 Å². The van der Waals surface area contributed by atoms with Crippen molar-refractivity contribution < 1.29 is 13.9 Å². The van der Waals surface area contributed by atoms with Gasteiger partial charge in [0.25, 0.3) is 0 Å². The normalized spacial score (nSPS) is 10.9. The molecule has 0 aliphatic carbocycles. The predicted octanol–water partition coefficient (Wildman–Crippen LogP) is 6.45. The van der Waals surface area contributed by atoms with Crippen LogP contribution in [-0.4, -0.2) is 12.1 Å². The van der Waals surface area contributed by atoms with Crippen molar-refractivity contribution in [3.63, 3.8) is 0 Å². The van der Waals surface area contributed by atoms with Crippen LogP contribution in [0.3, 0.4) is 0 Å². The molecule has 4 rings (SSSR count). The molecule has 0 bridgehead atoms. The van der Waals surface area contributed by atoms with E-state index in [1.54, 1.807) is 36.6 Å². The third-order valence-electron chi connectivity index (χ3n) is 4.10. The van der Waals surface area contributed by atoms with Crippen LogP contribution in [0.1, 0.15) is 5.56 Å². The Balaban J connectivity index is 1.67. The van der Waals surface area contributed by atoms with Gasteiger partial charge in [0, 0.05) is 11.1 Å². The second-order valence-electron chi connectivity index (χ2n) is 5.86. The van der Waals surface area contributed by atoms with E-state index in [1.165, 1.54) is 6.07 Å². The predicted molar refractivity (Wildman–Crippen MR) is 110 cm³/mol. The second-order valence-corrected chi connectivity index (χ2v) is 7.74. The van der Waals surface area contributed by atoms with E-state index in [0.717, 1.165) is 25.3 Å². The van der Waals surface area contributed by atoms with Crippen LogP contribution in [0, 0.1) is 5.82 Å². The molecule has 0 spiro atoms. The van der Waals surface area contributed by atoms with Crippen LogP contribution in [-0.2, 0) is 6.61 Å². The zero-order valence-electron chi connectivity index (χ0n) is 14.4. The van der Waals surface area contributed by atoms with Crippen molar-refractivity contribution in [3.05, 3.63) is 76.5 Å². The van der Waals surface area contributed by atoms with E-state index >= 15 is 0 Å². The van der Waals surface area contributed by atoms with Crippen molar-refractivity contribution in [3.8, 4) is 22.1 Å². The molecule has 3 aromatic carbocycles. The standard InChI is InChI=1S/C21H15BrFNO2S/c1-25-18-11-14(21-24-17-8-4-5-9-19(17)27-21)10-15(22)20(18)26-12-13-6-2-3-7-16(13)23/h2-11H,12H2,1H3. The third-order valence-corrected chi connectivity index (χ3v) is 5.77. The van der Waals surface area contributed by atoms with E-state index < -0.39 is 0 Å². The molecule has 136 valence electrons. The smallest absolute Gasteiger partial charge is 0.175 e. The van der Waals surface area contributed by atoms with Crippen molar-refractivity contribution in [1.29, 1.82) is 0 Å². The number of methoxy groups -OCH3 is 1. The Bertz CT molecular complexity index is 1080. The van der Waals surface area contributed by atoms with Gasteiger partial charge >= 0.3 is 0 Å². The molecule has 4 aromatic rings. The van der Waals surface area contributed by atoms with E-state index in [9.17, 15) is 4.39 Å². The van der Waals surface area contributed by atoms with Crippen LogP contribution >= 0.6 is 27.3 Å². The minimum Gasteiger partial charge on any atom is -0.493 e. The first-order valence-electron chi connectivity index (χ1n) is 8.25. The summed E-state index contributed by atoms with van der Waals surface area (Å²) in [6.45, 7) is 0.113. The number of aromatic nitrogens is 1. The van der Waals surface area contributed by atoms with Crippen molar-refractivity contribution in [1.82, 2.24) is 4.98 Å². The number of fused-ring (bicyclic) bond motifs is 1. The molecule has 27 heavy (non-hydrogen) atoms. The van der Waals surface area contributed by atoms with Crippen LogP contribution in [0.15, 0.2) is 65.1 Å². The Kier molecular flexibility index (Phi) is 5.09. The van der Waals surface area contributed by atoms with Crippen LogP contribution in [0.2, 0.25) is 0 Å². The summed E-state index contributed by atoms with van der Waals surface area (Å²) in [6.07, 6.45) is 0. The van der Waals surface area contributed by atoms with Gasteiger partial charge in [-0.1, -0.05) is 30.3 Å². The van der Waals surface area contributed by atoms with Gasteiger partial charge in [-0.2, -0.15) is 0 Å². The molecule has 0 aliphatic heterocycles. The Morgan fingerprint density at radius 1 is 1.07 bits per heavy atom. The minimum atomic E-state index is -0.293. The number of para-hydroxylation sites is 1. The van der Waals surface area contributed by atoms with Gasteiger partial charge in [-0.25, -0.2) is 9.37 Å². The highest BCUT2D eigenvalue weighted by Crippen LogP contribution is 2.41. The van der Waals surface area contributed by atoms with Crippen LogP contribution < -0.4 is 9.47 Å². The van der Waals surface area contributed by atoms with E-state index in [4.69, 9.17) is 9.47 Å². The molecule has 0 N–H and O–H groups in total. The number of thiazole rings is 1. The number of rotatable bonds is 5. The largest absolute Gasteiger partial charge is 0.493 e. The summed E-state index contributed by atoms with van der Waals surface area (Å²) in [5.74, 6) is 0.805. The first kappa shape index (κ1) is 17.9. The molecule has 0 fully saturated rings.